The summed E-state index contributed by atoms with van der Waals surface area (Å²) in [6.45, 7) is 15.8. The maximum absolute atomic E-state index is 12.3. The molecule has 13 nitrogen and oxygen atoms in total. The molecule has 2 heterocycles. The molecule has 1 saturated carbocycles. The maximum Gasteiger partial charge on any atom is 0.303 e. The van der Waals surface area contributed by atoms with Gasteiger partial charge in [-0.15, -0.1) is 0 Å². The van der Waals surface area contributed by atoms with E-state index in [9.17, 15) is 23.6 Å². The van der Waals surface area contributed by atoms with Crippen molar-refractivity contribution in [3.63, 3.8) is 0 Å². The Hall–Kier alpha value is -3.81. The molecule has 2 aromatic heterocycles. The van der Waals surface area contributed by atoms with Crippen molar-refractivity contribution in [2.45, 2.75) is 86.9 Å². The number of nitrogens with zero attached hydrogens (tertiary/aromatic N) is 2. The Kier molecular flexibility index (Phi) is 19.9. The molecule has 244 valence electrons. The molecule has 3 amide bonds. The molecule has 3 rings (SSSR count). The van der Waals surface area contributed by atoms with E-state index < -0.39 is 12.1 Å². The van der Waals surface area contributed by atoms with Gasteiger partial charge in [0.15, 0.2) is 0 Å². The van der Waals surface area contributed by atoms with Crippen LogP contribution >= 0.6 is 0 Å². The maximum atomic E-state index is 12.3. The topological polar surface area (TPSA) is 186 Å². The number of halogens is 1. The Labute approximate surface area is 252 Å². The highest BCUT2D eigenvalue weighted by Gasteiger charge is 2.38. The van der Waals surface area contributed by atoms with Crippen LogP contribution in [0.4, 0.5) is 16.3 Å². The van der Waals surface area contributed by atoms with E-state index in [1.807, 2.05) is 41.5 Å². The number of alkyl halides is 1. The summed E-state index contributed by atoms with van der Waals surface area (Å²) >= 11 is 0. The van der Waals surface area contributed by atoms with Crippen LogP contribution in [0.25, 0.3) is 0 Å². The zero-order valence-electron chi connectivity index (χ0n) is 26.4. The van der Waals surface area contributed by atoms with Gasteiger partial charge in [0, 0.05) is 43.2 Å². The largest absolute Gasteiger partial charge is 0.481 e. The third-order valence-electron chi connectivity index (χ3n) is 5.25. The number of carboxylic acid groups (broad SMARTS) is 1. The lowest BCUT2D eigenvalue weighted by Gasteiger charge is -2.07. The highest BCUT2D eigenvalue weighted by atomic mass is 19.1. The van der Waals surface area contributed by atoms with Crippen LogP contribution in [0.3, 0.4) is 0 Å². The van der Waals surface area contributed by atoms with E-state index >= 15 is 0 Å². The summed E-state index contributed by atoms with van der Waals surface area (Å²) in [6, 6.07) is 1.85. The van der Waals surface area contributed by atoms with Crippen molar-refractivity contribution in [1.29, 1.82) is 0 Å². The molecular formula is C29H48FN5O8. The van der Waals surface area contributed by atoms with Gasteiger partial charge in [0.2, 0.25) is 23.6 Å². The molecule has 0 aliphatic heterocycles. The number of nitrogens with one attached hydrogen (secondary N) is 3. The van der Waals surface area contributed by atoms with Crippen molar-refractivity contribution in [1.82, 2.24) is 15.5 Å². The molecule has 0 radical (unpaired) electrons. The van der Waals surface area contributed by atoms with Crippen molar-refractivity contribution >= 4 is 35.6 Å². The summed E-state index contributed by atoms with van der Waals surface area (Å²) in [5.41, 5.74) is 0. The Morgan fingerprint density at radius 3 is 1.95 bits per heavy atom. The van der Waals surface area contributed by atoms with Crippen molar-refractivity contribution in [3.8, 4) is 0 Å². The first kappa shape index (κ1) is 39.2. The molecule has 2 aromatic rings. The van der Waals surface area contributed by atoms with Gasteiger partial charge in [-0.3, -0.25) is 29.8 Å². The first-order chi connectivity index (χ1) is 20.1. The van der Waals surface area contributed by atoms with Crippen LogP contribution < -0.4 is 16.0 Å². The number of carbonyl (C=O) groups excluding carboxylic acids is 3. The molecule has 0 bridgehead atoms. The number of hydrogen-bond acceptors (Lipinski definition) is 9. The average Bonchev–Trinajstić information content (AvgIpc) is 3.31. The number of amides is 3. The summed E-state index contributed by atoms with van der Waals surface area (Å²) in [5.74, 6) is -0.0456. The molecule has 1 fully saturated rings. The van der Waals surface area contributed by atoms with Gasteiger partial charge in [-0.2, -0.15) is 0 Å². The van der Waals surface area contributed by atoms with Crippen LogP contribution in [0.15, 0.2) is 33.7 Å². The monoisotopic (exact) mass is 613 g/mol. The summed E-state index contributed by atoms with van der Waals surface area (Å²) in [4.78, 5) is 46.7. The van der Waals surface area contributed by atoms with Crippen LogP contribution in [-0.4, -0.2) is 64.4 Å². The normalized spacial score (nSPS) is 14.9. The molecule has 1 aliphatic carbocycles. The standard InChI is InChI=1S/C9H16FNO2.2C7H10N2O2.C6H12O2/c1-6(2)9(12)11-3-4-13-8-5-7(8)10;1-5(2)6(10)9-7-8-3-4-11-7;1-5(2)7(10)9-6-3-4-8-11-6;1-5(2)3-4-6(7)8/h6-8H,3-5H2,1-2H3,(H,11,12);3-5H,1-2H3,(H,8,9,10);3-5H,1-2H3,(H,9,10);5H,3-4H2,1-2H3,(H,7,8). The number of anilines is 2. The second-order valence-corrected chi connectivity index (χ2v) is 10.9. The molecule has 1 aliphatic rings. The lowest BCUT2D eigenvalue weighted by molar-refractivity contribution is -0.137. The second kappa shape index (κ2) is 21.8. The summed E-state index contributed by atoms with van der Waals surface area (Å²) in [7, 11) is 0. The molecule has 14 heteroatoms. The first-order valence-electron chi connectivity index (χ1n) is 14.3. The Bertz CT molecular complexity index is 991. The average molecular weight is 614 g/mol. The number of aromatic nitrogens is 2. The number of rotatable bonds is 12. The van der Waals surface area contributed by atoms with E-state index in [2.05, 4.69) is 30.6 Å². The van der Waals surface area contributed by atoms with Crippen molar-refractivity contribution in [2.24, 2.45) is 23.7 Å². The molecule has 2 unspecified atom stereocenters. The molecule has 2 atom stereocenters. The Balaban J connectivity index is 0.000000555. The van der Waals surface area contributed by atoms with Crippen molar-refractivity contribution in [3.05, 3.63) is 24.7 Å². The van der Waals surface area contributed by atoms with Gasteiger partial charge in [-0.1, -0.05) is 60.5 Å². The lowest BCUT2D eigenvalue weighted by atomic mass is 10.1. The summed E-state index contributed by atoms with van der Waals surface area (Å²) in [6.07, 6.45) is 4.99. The van der Waals surface area contributed by atoms with Gasteiger partial charge >= 0.3 is 12.0 Å². The third kappa shape index (κ3) is 21.5. The fraction of sp³-hybridized carbons (Fsp3) is 0.655. The van der Waals surface area contributed by atoms with Crippen molar-refractivity contribution in [2.75, 3.05) is 23.8 Å². The molecule has 0 aromatic carbocycles. The van der Waals surface area contributed by atoms with Crippen LogP contribution in [0.1, 0.15) is 74.7 Å². The number of hydrogen-bond donors (Lipinski definition) is 4. The summed E-state index contributed by atoms with van der Waals surface area (Å²) < 4.78 is 26.9. The Morgan fingerprint density at radius 2 is 1.56 bits per heavy atom. The SMILES string of the molecule is CC(C)C(=O)NCCOC1CC1F.CC(C)C(=O)Nc1ccno1.CC(C)C(=O)Nc1ncco1.CC(C)CCC(=O)O. The van der Waals surface area contributed by atoms with Gasteiger partial charge in [0.05, 0.1) is 25.1 Å². The van der Waals surface area contributed by atoms with E-state index in [-0.39, 0.29) is 47.6 Å². The van der Waals surface area contributed by atoms with Gasteiger partial charge < -0.3 is 24.1 Å². The van der Waals surface area contributed by atoms with Crippen LogP contribution in [0, 0.1) is 23.7 Å². The number of ether oxygens (including phenoxy) is 1. The fourth-order valence-electron chi connectivity index (χ4n) is 2.40. The molecule has 0 spiro atoms. The van der Waals surface area contributed by atoms with E-state index in [0.29, 0.717) is 37.8 Å². The van der Waals surface area contributed by atoms with Gasteiger partial charge in [0.1, 0.15) is 12.4 Å². The molecular weight excluding hydrogens is 565 g/mol. The number of aliphatic carboxylic acids is 1. The smallest absolute Gasteiger partial charge is 0.303 e. The van der Waals surface area contributed by atoms with Gasteiger partial charge in [-0.05, 0) is 12.3 Å². The van der Waals surface area contributed by atoms with E-state index in [4.69, 9.17) is 14.3 Å². The van der Waals surface area contributed by atoms with Crippen LogP contribution in [0.2, 0.25) is 0 Å². The second-order valence-electron chi connectivity index (χ2n) is 10.9. The quantitative estimate of drug-likeness (QED) is 0.239. The van der Waals surface area contributed by atoms with Crippen LogP contribution in [-0.2, 0) is 23.9 Å². The summed E-state index contributed by atoms with van der Waals surface area (Å²) in [5, 5.41) is 19.4. The first-order valence-corrected chi connectivity index (χ1v) is 14.3. The molecule has 43 heavy (non-hydrogen) atoms. The van der Waals surface area contributed by atoms with Crippen LogP contribution in [0.5, 0.6) is 0 Å². The minimum Gasteiger partial charge on any atom is -0.481 e. The van der Waals surface area contributed by atoms with E-state index in [0.717, 1.165) is 6.42 Å². The number of carboxylic acids is 1. The minimum atomic E-state index is -0.777. The zero-order chi connectivity index (χ0) is 32.9. The number of carbonyl (C=O) groups is 4. The highest BCUT2D eigenvalue weighted by Crippen LogP contribution is 2.28. The van der Waals surface area contributed by atoms with Crippen molar-refractivity contribution < 1.29 is 42.4 Å². The number of oxazole rings is 1. The third-order valence-corrected chi connectivity index (χ3v) is 5.25. The lowest BCUT2D eigenvalue weighted by Crippen LogP contribution is -2.31. The van der Waals surface area contributed by atoms with E-state index in [1.54, 1.807) is 19.9 Å². The highest BCUT2D eigenvalue weighted by molar-refractivity contribution is 5.90. The minimum absolute atomic E-state index is 0.00477. The molecule has 4 N–H and O–H groups in total. The molecule has 0 saturated heterocycles. The predicted molar refractivity (Wildman–Crippen MR) is 159 cm³/mol. The Morgan fingerprint density at radius 1 is 0.977 bits per heavy atom. The predicted octanol–water partition coefficient (Wildman–Crippen LogP) is 4.93. The fourth-order valence-corrected chi connectivity index (χ4v) is 2.40. The van der Waals surface area contributed by atoms with E-state index in [1.165, 1.54) is 18.7 Å². The van der Waals surface area contributed by atoms with Gasteiger partial charge in [-0.25, -0.2) is 9.37 Å². The van der Waals surface area contributed by atoms with Gasteiger partial charge in [0.25, 0.3) is 0 Å². The zero-order valence-corrected chi connectivity index (χ0v) is 26.4.